The maximum atomic E-state index is 11.2. The molecule has 66 valence electrons. The number of hydrogen-bond donors (Lipinski definition) is 0. The predicted molar refractivity (Wildman–Crippen MR) is 49.4 cm³/mol. The number of rotatable bonds is 1. The molecule has 1 aromatic rings. The summed E-state index contributed by atoms with van der Waals surface area (Å²) in [6, 6.07) is 5.36. The number of aryl methyl sites for hydroxylation is 2. The maximum absolute atomic E-state index is 11.2. The van der Waals surface area contributed by atoms with Crippen LogP contribution in [0.3, 0.4) is 0 Å². The molecule has 0 aliphatic carbocycles. The minimum absolute atomic E-state index is 0.461. The number of hydrogen-bond acceptors (Lipinski definition) is 1. The number of benzene rings is 1. The highest BCUT2D eigenvalue weighted by molar-refractivity contribution is 5.96. The molecule has 1 rings (SSSR count). The first kappa shape index (κ1) is 9.29. The Labute approximate surface area is 75.8 Å². The second kappa shape index (κ2) is 3.74. The Morgan fingerprint density at radius 2 is 2.15 bits per heavy atom. The third kappa shape index (κ3) is 2.07. The third-order valence-electron chi connectivity index (χ3n) is 1.75. The van der Waals surface area contributed by atoms with E-state index in [9.17, 15) is 4.79 Å². The fourth-order valence-corrected chi connectivity index (χ4v) is 1.15. The fourth-order valence-electron chi connectivity index (χ4n) is 1.15. The summed E-state index contributed by atoms with van der Waals surface area (Å²) in [5.74, 6) is -0.528. The molecule has 0 spiro atoms. The molecule has 13 heavy (non-hydrogen) atoms. The lowest BCUT2D eigenvalue weighted by Gasteiger charge is -2.01. The first-order chi connectivity index (χ1) is 6.15. The lowest BCUT2D eigenvalue weighted by Crippen LogP contribution is -1.96. The van der Waals surface area contributed by atoms with Crippen LogP contribution in [0.15, 0.2) is 23.3 Å². The van der Waals surface area contributed by atoms with Crippen LogP contribution in [0, 0.1) is 13.8 Å². The van der Waals surface area contributed by atoms with Gasteiger partial charge in [-0.25, -0.2) is 0 Å². The van der Waals surface area contributed by atoms with Crippen LogP contribution >= 0.6 is 0 Å². The Bertz CT molecular complexity index is 392. The van der Waals surface area contributed by atoms with Gasteiger partial charge in [0.2, 0.25) is 5.91 Å². The number of carbonyl (C=O) groups is 1. The standard InChI is InChI=1S/C9H9N3O/c1-6-3-4-8(7(2)5-6)9(13)11-12-10/h3-5H,1-2H3. The van der Waals surface area contributed by atoms with Gasteiger partial charge in [0.05, 0.1) is 0 Å². The summed E-state index contributed by atoms with van der Waals surface area (Å²) in [6.07, 6.45) is 0. The van der Waals surface area contributed by atoms with E-state index < -0.39 is 5.91 Å². The summed E-state index contributed by atoms with van der Waals surface area (Å²) in [4.78, 5) is 13.6. The Morgan fingerprint density at radius 3 is 2.69 bits per heavy atom. The van der Waals surface area contributed by atoms with Gasteiger partial charge in [-0.05, 0) is 30.1 Å². The molecule has 0 fully saturated rings. The van der Waals surface area contributed by atoms with Crippen molar-refractivity contribution in [1.82, 2.24) is 0 Å². The minimum Gasteiger partial charge on any atom is -0.287 e. The summed E-state index contributed by atoms with van der Waals surface area (Å²) in [6.45, 7) is 3.75. The Hall–Kier alpha value is -1.80. The van der Waals surface area contributed by atoms with Gasteiger partial charge in [0, 0.05) is 10.5 Å². The first-order valence-corrected chi connectivity index (χ1v) is 3.82. The first-order valence-electron chi connectivity index (χ1n) is 3.82. The van der Waals surface area contributed by atoms with Gasteiger partial charge in [-0.1, -0.05) is 23.8 Å². The smallest absolute Gasteiger partial charge is 0.249 e. The van der Waals surface area contributed by atoms with Gasteiger partial charge in [-0.3, -0.25) is 4.79 Å². The zero-order valence-electron chi connectivity index (χ0n) is 7.48. The highest BCUT2D eigenvalue weighted by Gasteiger charge is 2.05. The van der Waals surface area contributed by atoms with Gasteiger partial charge in [0.15, 0.2) is 0 Å². The lowest BCUT2D eigenvalue weighted by atomic mass is 10.1. The molecule has 0 saturated heterocycles. The van der Waals surface area contributed by atoms with E-state index in [0.29, 0.717) is 5.56 Å². The van der Waals surface area contributed by atoms with Crippen molar-refractivity contribution >= 4 is 5.91 Å². The quantitative estimate of drug-likeness (QED) is 0.367. The molecule has 0 radical (unpaired) electrons. The van der Waals surface area contributed by atoms with Gasteiger partial charge in [-0.2, -0.15) is 0 Å². The van der Waals surface area contributed by atoms with E-state index in [0.717, 1.165) is 11.1 Å². The van der Waals surface area contributed by atoms with Gasteiger partial charge in [-0.15, -0.1) is 0 Å². The normalized spacial score (nSPS) is 9.08. The van der Waals surface area contributed by atoms with Crippen molar-refractivity contribution in [3.05, 3.63) is 45.3 Å². The Balaban J connectivity index is 3.16. The molecule has 0 bridgehead atoms. The van der Waals surface area contributed by atoms with Crippen LogP contribution in [0.25, 0.3) is 10.4 Å². The number of nitrogens with zero attached hydrogens (tertiary/aromatic N) is 3. The van der Waals surface area contributed by atoms with Gasteiger partial charge < -0.3 is 0 Å². The molecular weight excluding hydrogens is 166 g/mol. The molecule has 4 nitrogen and oxygen atoms in total. The summed E-state index contributed by atoms with van der Waals surface area (Å²) >= 11 is 0. The van der Waals surface area contributed by atoms with Crippen LogP contribution in [-0.2, 0) is 0 Å². The number of amides is 1. The number of carbonyl (C=O) groups excluding carboxylic acids is 1. The lowest BCUT2D eigenvalue weighted by molar-refractivity contribution is 0.1000. The average molecular weight is 175 g/mol. The molecule has 0 aliphatic rings. The van der Waals surface area contributed by atoms with Crippen molar-refractivity contribution in [3.8, 4) is 0 Å². The van der Waals surface area contributed by atoms with Gasteiger partial charge >= 0.3 is 0 Å². The summed E-state index contributed by atoms with van der Waals surface area (Å²) < 4.78 is 0. The second-order valence-electron chi connectivity index (χ2n) is 2.81. The molecule has 4 heteroatoms. The van der Waals surface area contributed by atoms with Gasteiger partial charge in [0.25, 0.3) is 0 Å². The number of azide groups is 1. The van der Waals surface area contributed by atoms with E-state index in [1.54, 1.807) is 6.07 Å². The van der Waals surface area contributed by atoms with Crippen molar-refractivity contribution in [2.24, 2.45) is 5.11 Å². The highest BCUT2D eigenvalue weighted by Crippen LogP contribution is 2.11. The highest BCUT2D eigenvalue weighted by atomic mass is 16.1. The van der Waals surface area contributed by atoms with E-state index in [1.807, 2.05) is 26.0 Å². The van der Waals surface area contributed by atoms with E-state index >= 15 is 0 Å². The van der Waals surface area contributed by atoms with Crippen LogP contribution in [0.4, 0.5) is 0 Å². The van der Waals surface area contributed by atoms with E-state index in [1.165, 1.54) is 0 Å². The van der Waals surface area contributed by atoms with Crippen molar-refractivity contribution in [2.75, 3.05) is 0 Å². The SMILES string of the molecule is Cc1ccc(C(=O)N=[N+]=[N-])c(C)c1. The third-order valence-corrected chi connectivity index (χ3v) is 1.75. The zero-order valence-corrected chi connectivity index (χ0v) is 7.48. The largest absolute Gasteiger partial charge is 0.287 e. The summed E-state index contributed by atoms with van der Waals surface area (Å²) in [5, 5.41) is 3.03. The van der Waals surface area contributed by atoms with Crippen molar-refractivity contribution in [3.63, 3.8) is 0 Å². The maximum Gasteiger partial charge on any atom is 0.249 e. The molecule has 0 aliphatic heterocycles. The average Bonchev–Trinajstić information content (AvgIpc) is 2.04. The van der Waals surface area contributed by atoms with Crippen LogP contribution in [0.2, 0.25) is 0 Å². The molecule has 0 heterocycles. The van der Waals surface area contributed by atoms with Crippen LogP contribution in [-0.4, -0.2) is 5.91 Å². The molecule has 0 aromatic heterocycles. The van der Waals surface area contributed by atoms with E-state index in [-0.39, 0.29) is 0 Å². The fraction of sp³-hybridized carbons (Fsp3) is 0.222. The van der Waals surface area contributed by atoms with Gasteiger partial charge in [0.1, 0.15) is 0 Å². The van der Waals surface area contributed by atoms with Crippen LogP contribution in [0.1, 0.15) is 21.5 Å². The summed E-state index contributed by atoms with van der Waals surface area (Å²) in [5.41, 5.74) is 10.5. The van der Waals surface area contributed by atoms with E-state index in [2.05, 4.69) is 10.0 Å². The zero-order chi connectivity index (χ0) is 9.84. The topological polar surface area (TPSA) is 65.8 Å². The molecule has 0 unspecified atom stereocenters. The van der Waals surface area contributed by atoms with Crippen LogP contribution in [0.5, 0.6) is 0 Å². The second-order valence-corrected chi connectivity index (χ2v) is 2.81. The Morgan fingerprint density at radius 1 is 1.46 bits per heavy atom. The minimum atomic E-state index is -0.528. The van der Waals surface area contributed by atoms with Crippen LogP contribution < -0.4 is 0 Å². The van der Waals surface area contributed by atoms with Crippen molar-refractivity contribution in [2.45, 2.75) is 13.8 Å². The molecular formula is C9H9N3O. The predicted octanol–water partition coefficient (Wildman–Crippen LogP) is 2.75. The van der Waals surface area contributed by atoms with Crippen molar-refractivity contribution < 1.29 is 4.79 Å². The molecule has 0 N–H and O–H groups in total. The molecule has 0 saturated carbocycles. The molecule has 1 aromatic carbocycles. The van der Waals surface area contributed by atoms with Crippen molar-refractivity contribution in [1.29, 1.82) is 0 Å². The monoisotopic (exact) mass is 175 g/mol. The Kier molecular flexibility index (Phi) is 2.67. The summed E-state index contributed by atoms with van der Waals surface area (Å²) in [7, 11) is 0. The molecule has 0 atom stereocenters. The van der Waals surface area contributed by atoms with E-state index in [4.69, 9.17) is 5.53 Å². The molecule has 1 amide bonds.